The summed E-state index contributed by atoms with van der Waals surface area (Å²) in [5, 5.41) is 12.9. The molecule has 0 amide bonds. The number of aryl methyl sites for hydroxylation is 2. The zero-order valence-electron chi connectivity index (χ0n) is 12.9. The molecule has 0 atom stereocenters. The zero-order chi connectivity index (χ0) is 17.3. The van der Waals surface area contributed by atoms with E-state index in [-0.39, 0.29) is 16.2 Å². The summed E-state index contributed by atoms with van der Waals surface area (Å²) in [6.45, 7) is 1.84. The molecule has 0 bridgehead atoms. The molecule has 126 valence electrons. The Hall–Kier alpha value is -2.61. The van der Waals surface area contributed by atoms with Crippen LogP contribution in [0.25, 0.3) is 0 Å². The third-order valence-electron chi connectivity index (χ3n) is 3.76. The van der Waals surface area contributed by atoms with Gasteiger partial charge in [-0.05, 0) is 31.9 Å². The highest BCUT2D eigenvalue weighted by Crippen LogP contribution is 2.27. The highest BCUT2D eigenvalue weighted by Gasteiger charge is 2.27. The summed E-state index contributed by atoms with van der Waals surface area (Å²) in [7, 11) is -4.06. The second kappa shape index (κ2) is 6.12. The van der Waals surface area contributed by atoms with Gasteiger partial charge < -0.3 is 9.52 Å². The molecule has 0 fully saturated rings. The Bertz CT molecular complexity index is 909. The van der Waals surface area contributed by atoms with Crippen molar-refractivity contribution >= 4 is 21.8 Å². The summed E-state index contributed by atoms with van der Waals surface area (Å²) in [5.74, 6) is -0.676. The van der Waals surface area contributed by atoms with Gasteiger partial charge in [0.15, 0.2) is 0 Å². The Morgan fingerprint density at radius 1 is 1.25 bits per heavy atom. The van der Waals surface area contributed by atoms with E-state index in [4.69, 9.17) is 8.70 Å². The standard InChI is InChI=1S/C16H15NO6S/c1-10-5-7-11(8-6-10)24(20,21)23-17-13-3-2-4-14-15(13)12(9-22-14)16(18)19/h5-9H,2-4H2,1H3,(H,18,19). The Kier molecular flexibility index (Phi) is 4.15. The quantitative estimate of drug-likeness (QED) is 0.851. The molecular weight excluding hydrogens is 334 g/mol. The maximum absolute atomic E-state index is 12.2. The van der Waals surface area contributed by atoms with E-state index < -0.39 is 16.1 Å². The molecular formula is C16H15NO6S. The number of benzene rings is 1. The first-order chi connectivity index (χ1) is 11.4. The largest absolute Gasteiger partial charge is 0.478 e. The van der Waals surface area contributed by atoms with Crippen molar-refractivity contribution in [3.63, 3.8) is 0 Å². The van der Waals surface area contributed by atoms with Crippen molar-refractivity contribution in [1.82, 2.24) is 0 Å². The summed E-state index contributed by atoms with van der Waals surface area (Å²) < 4.78 is 34.4. The van der Waals surface area contributed by atoms with Gasteiger partial charge >= 0.3 is 16.1 Å². The summed E-state index contributed by atoms with van der Waals surface area (Å²) in [6.07, 6.45) is 2.80. The van der Waals surface area contributed by atoms with Crippen LogP contribution in [0.5, 0.6) is 0 Å². The number of oxime groups is 1. The predicted octanol–water partition coefficient (Wildman–Crippen LogP) is 2.73. The molecule has 3 rings (SSSR count). The average molecular weight is 349 g/mol. The summed E-state index contributed by atoms with van der Waals surface area (Å²) in [6, 6.07) is 6.16. The van der Waals surface area contributed by atoms with E-state index in [9.17, 15) is 18.3 Å². The van der Waals surface area contributed by atoms with Gasteiger partial charge in [-0.1, -0.05) is 22.9 Å². The lowest BCUT2D eigenvalue weighted by Crippen LogP contribution is -2.15. The van der Waals surface area contributed by atoms with Gasteiger partial charge in [-0.15, -0.1) is 0 Å². The fourth-order valence-corrected chi connectivity index (χ4v) is 3.27. The normalized spacial score (nSPS) is 16.0. The van der Waals surface area contributed by atoms with Crippen LogP contribution in [0, 0.1) is 6.92 Å². The number of hydrogen-bond donors (Lipinski definition) is 1. The van der Waals surface area contributed by atoms with Crippen molar-refractivity contribution in [3.05, 3.63) is 53.0 Å². The predicted molar refractivity (Wildman–Crippen MR) is 84.6 cm³/mol. The molecule has 0 aliphatic heterocycles. The summed E-state index contributed by atoms with van der Waals surface area (Å²) in [4.78, 5) is 11.2. The number of carboxylic acids is 1. The van der Waals surface area contributed by atoms with Crippen LogP contribution in [-0.4, -0.2) is 25.2 Å². The monoisotopic (exact) mass is 349 g/mol. The second-order valence-electron chi connectivity index (χ2n) is 5.49. The SMILES string of the molecule is Cc1ccc(S(=O)(=O)ON=C2CCCc3occ(C(=O)O)c32)cc1. The third-order valence-corrected chi connectivity index (χ3v) is 4.88. The molecule has 0 unspecified atom stereocenters. The van der Waals surface area contributed by atoms with Crippen LogP contribution < -0.4 is 0 Å². The lowest BCUT2D eigenvalue weighted by Gasteiger charge is -2.13. The van der Waals surface area contributed by atoms with E-state index in [2.05, 4.69) is 5.16 Å². The van der Waals surface area contributed by atoms with Gasteiger partial charge in [0.25, 0.3) is 0 Å². The van der Waals surface area contributed by atoms with E-state index in [0.29, 0.717) is 30.6 Å². The maximum atomic E-state index is 12.2. The van der Waals surface area contributed by atoms with Gasteiger partial charge in [0.05, 0.1) is 11.3 Å². The van der Waals surface area contributed by atoms with E-state index in [1.165, 1.54) is 12.1 Å². The molecule has 1 N–H and O–H groups in total. The molecule has 1 aromatic carbocycles. The first kappa shape index (κ1) is 16.3. The lowest BCUT2D eigenvalue weighted by molar-refractivity contribution is 0.0696. The number of carboxylic acid groups (broad SMARTS) is 1. The number of nitrogens with zero attached hydrogens (tertiary/aromatic N) is 1. The van der Waals surface area contributed by atoms with Crippen LogP contribution in [0.1, 0.15) is 40.1 Å². The van der Waals surface area contributed by atoms with Gasteiger partial charge in [0, 0.05) is 6.42 Å². The molecule has 24 heavy (non-hydrogen) atoms. The Morgan fingerprint density at radius 3 is 2.62 bits per heavy atom. The topological polar surface area (TPSA) is 106 Å². The second-order valence-corrected chi connectivity index (χ2v) is 7.01. The minimum absolute atomic E-state index is 0.0147. The molecule has 1 aromatic heterocycles. The van der Waals surface area contributed by atoms with Crippen LogP contribution in [0.2, 0.25) is 0 Å². The van der Waals surface area contributed by atoms with Crippen molar-refractivity contribution in [3.8, 4) is 0 Å². The first-order valence-electron chi connectivity index (χ1n) is 7.30. The smallest absolute Gasteiger partial charge is 0.358 e. The number of furan rings is 1. The van der Waals surface area contributed by atoms with Gasteiger partial charge in [-0.2, -0.15) is 8.42 Å². The third kappa shape index (κ3) is 3.05. The van der Waals surface area contributed by atoms with Crippen molar-refractivity contribution in [2.75, 3.05) is 0 Å². The minimum atomic E-state index is -4.06. The van der Waals surface area contributed by atoms with Crippen LogP contribution >= 0.6 is 0 Å². The first-order valence-corrected chi connectivity index (χ1v) is 8.70. The minimum Gasteiger partial charge on any atom is -0.478 e. The number of hydrogen-bond acceptors (Lipinski definition) is 6. The van der Waals surface area contributed by atoms with Crippen molar-refractivity contribution in [2.24, 2.45) is 5.16 Å². The molecule has 0 spiro atoms. The highest BCUT2D eigenvalue weighted by molar-refractivity contribution is 7.86. The lowest BCUT2D eigenvalue weighted by atomic mass is 9.93. The molecule has 2 aromatic rings. The number of fused-ring (bicyclic) bond motifs is 1. The van der Waals surface area contributed by atoms with Gasteiger partial charge in [-0.3, -0.25) is 4.28 Å². The van der Waals surface area contributed by atoms with E-state index in [1.807, 2.05) is 6.92 Å². The van der Waals surface area contributed by atoms with Crippen molar-refractivity contribution in [1.29, 1.82) is 0 Å². The van der Waals surface area contributed by atoms with Gasteiger partial charge in [0.1, 0.15) is 22.5 Å². The Balaban J connectivity index is 1.92. The van der Waals surface area contributed by atoms with Gasteiger partial charge in [-0.25, -0.2) is 4.79 Å². The van der Waals surface area contributed by atoms with Crippen LogP contribution in [0.3, 0.4) is 0 Å². The molecule has 1 aliphatic carbocycles. The Morgan fingerprint density at radius 2 is 1.96 bits per heavy atom. The number of rotatable bonds is 4. The fourth-order valence-electron chi connectivity index (χ4n) is 2.53. The summed E-state index contributed by atoms with van der Waals surface area (Å²) >= 11 is 0. The molecule has 0 saturated carbocycles. The number of aromatic carboxylic acids is 1. The molecule has 1 aliphatic rings. The maximum Gasteiger partial charge on any atom is 0.358 e. The van der Waals surface area contributed by atoms with Gasteiger partial charge in [0.2, 0.25) is 0 Å². The molecule has 0 saturated heterocycles. The van der Waals surface area contributed by atoms with Crippen LogP contribution in [0.15, 0.2) is 45.0 Å². The average Bonchev–Trinajstić information content (AvgIpc) is 2.98. The van der Waals surface area contributed by atoms with E-state index in [0.717, 1.165) is 11.8 Å². The highest BCUT2D eigenvalue weighted by atomic mass is 32.2. The fraction of sp³-hybridized carbons (Fsp3) is 0.250. The van der Waals surface area contributed by atoms with Crippen molar-refractivity contribution < 1.29 is 27.0 Å². The molecule has 7 nitrogen and oxygen atoms in total. The van der Waals surface area contributed by atoms with Crippen LogP contribution in [-0.2, 0) is 20.8 Å². The molecule has 0 radical (unpaired) electrons. The van der Waals surface area contributed by atoms with Crippen molar-refractivity contribution in [2.45, 2.75) is 31.1 Å². The number of carbonyl (C=O) groups is 1. The molecule has 8 heteroatoms. The van der Waals surface area contributed by atoms with E-state index in [1.54, 1.807) is 12.1 Å². The summed E-state index contributed by atoms with van der Waals surface area (Å²) in [5.41, 5.74) is 1.45. The van der Waals surface area contributed by atoms with E-state index >= 15 is 0 Å². The van der Waals surface area contributed by atoms with Crippen LogP contribution in [0.4, 0.5) is 0 Å². The zero-order valence-corrected chi connectivity index (χ0v) is 13.7. The molecule has 1 heterocycles. The Labute approximate surface area is 138 Å².